The molecule has 0 unspecified atom stereocenters. The molecule has 6 heteroatoms. The van der Waals surface area contributed by atoms with E-state index in [1.54, 1.807) is 0 Å². The molecule has 2 N–H and O–H groups in total. The third-order valence-electron chi connectivity index (χ3n) is 9.04. The molecule has 1 aliphatic heterocycles. The predicted molar refractivity (Wildman–Crippen MR) is 197 cm³/mol. The topological polar surface area (TPSA) is 73.6 Å². The predicted octanol–water partition coefficient (Wildman–Crippen LogP) is 9.46. The minimum atomic E-state index is -0.345. The van der Waals surface area contributed by atoms with Gasteiger partial charge in [0.25, 0.3) is 0 Å². The molecule has 1 fully saturated rings. The van der Waals surface area contributed by atoms with Crippen LogP contribution in [0.2, 0.25) is 0 Å². The molecule has 1 aliphatic rings. The number of phenols is 1. The van der Waals surface area contributed by atoms with Crippen LogP contribution in [0.3, 0.4) is 0 Å². The van der Waals surface area contributed by atoms with Gasteiger partial charge in [0.05, 0.1) is 19.2 Å². The number of phenolic OH excluding ortho intramolecular Hbond substituents is 1. The van der Waals surface area contributed by atoms with Crippen molar-refractivity contribution >= 4 is 28.6 Å². The van der Waals surface area contributed by atoms with Crippen LogP contribution >= 0.6 is 17.0 Å². The van der Waals surface area contributed by atoms with Gasteiger partial charge < -0.3 is 14.7 Å². The van der Waals surface area contributed by atoms with Gasteiger partial charge in [-0.15, -0.1) is 17.0 Å². The number of benzene rings is 4. The molecule has 5 nitrogen and oxygen atoms in total. The molecule has 47 heavy (non-hydrogen) atoms. The summed E-state index contributed by atoms with van der Waals surface area (Å²) in [4.78, 5) is 16.1. The Bertz CT molecular complexity index is 1570. The maximum atomic E-state index is 14.1. The molecule has 1 heterocycles. The first-order chi connectivity index (χ1) is 21.8. The summed E-state index contributed by atoms with van der Waals surface area (Å²) in [6, 6.07) is 34.3. The first kappa shape index (κ1) is 36.1. The Labute approximate surface area is 291 Å². The van der Waals surface area contributed by atoms with E-state index < -0.39 is 0 Å². The van der Waals surface area contributed by atoms with Crippen LogP contribution < -0.4 is 0 Å². The van der Waals surface area contributed by atoms with E-state index in [0.29, 0.717) is 18.0 Å². The van der Waals surface area contributed by atoms with Crippen molar-refractivity contribution in [3.8, 4) is 5.75 Å². The zero-order chi connectivity index (χ0) is 33.1. The number of hydrogen-bond acceptors (Lipinski definition) is 4. The third kappa shape index (κ3) is 8.60. The molecule has 0 saturated carbocycles. The van der Waals surface area contributed by atoms with Crippen molar-refractivity contribution < 1.29 is 14.6 Å². The van der Waals surface area contributed by atoms with Gasteiger partial charge in [-0.1, -0.05) is 133 Å². The minimum absolute atomic E-state index is 0. The van der Waals surface area contributed by atoms with Crippen LogP contribution in [0.15, 0.2) is 103 Å². The molecular weight excluding hydrogens is 648 g/mol. The second kappa shape index (κ2) is 15.0. The van der Waals surface area contributed by atoms with Crippen molar-refractivity contribution in [2.45, 2.75) is 77.4 Å². The number of nitrogens with one attached hydrogen (secondary N) is 1. The Balaban J connectivity index is 0.00000500. The number of Topliss-reactive ketones (excluding diaryl/α,β-unsaturated/α-hetero) is 1. The first-order valence-corrected chi connectivity index (χ1v) is 16.3. The van der Waals surface area contributed by atoms with Gasteiger partial charge in [0, 0.05) is 22.6 Å². The van der Waals surface area contributed by atoms with E-state index in [9.17, 15) is 15.3 Å². The molecule has 0 amide bonds. The van der Waals surface area contributed by atoms with E-state index in [-0.39, 0.29) is 64.0 Å². The number of amidine groups is 1. The fraction of sp³-hybridized carbons (Fsp3) is 0.366. The molecule has 0 aliphatic carbocycles. The van der Waals surface area contributed by atoms with Crippen LogP contribution in [0.4, 0.5) is 0 Å². The Morgan fingerprint density at radius 1 is 0.830 bits per heavy atom. The lowest BCUT2D eigenvalue weighted by atomic mass is 9.78. The number of hydrogen-bond donors (Lipinski definition) is 2. The van der Waals surface area contributed by atoms with E-state index in [1.807, 2.05) is 71.6 Å². The van der Waals surface area contributed by atoms with Crippen LogP contribution in [0.5, 0.6) is 5.75 Å². The lowest BCUT2D eigenvalue weighted by Gasteiger charge is -2.30. The Morgan fingerprint density at radius 2 is 1.30 bits per heavy atom. The zero-order valence-electron chi connectivity index (χ0n) is 28.5. The molecule has 5 rings (SSSR count). The summed E-state index contributed by atoms with van der Waals surface area (Å²) >= 11 is 0. The van der Waals surface area contributed by atoms with Crippen molar-refractivity contribution in [1.29, 1.82) is 5.41 Å². The Kier molecular flexibility index (Phi) is 11.5. The Morgan fingerprint density at radius 3 is 1.77 bits per heavy atom. The highest BCUT2D eigenvalue weighted by Crippen LogP contribution is 2.40. The van der Waals surface area contributed by atoms with E-state index in [4.69, 9.17) is 4.74 Å². The van der Waals surface area contributed by atoms with Crippen LogP contribution in [-0.4, -0.2) is 40.8 Å². The highest BCUT2D eigenvalue weighted by atomic mass is 79.9. The summed E-state index contributed by atoms with van der Waals surface area (Å²) in [5, 5.41) is 20.6. The molecule has 0 aromatic heterocycles. The molecular formula is C41H49BrN2O3. The second-order valence-corrected chi connectivity index (χ2v) is 14.7. The molecule has 0 radical (unpaired) electrons. The average Bonchev–Trinajstić information content (AvgIpc) is 3.30. The number of aromatic hydroxyl groups is 1. The maximum absolute atomic E-state index is 14.1. The smallest absolute Gasteiger partial charge is 0.182 e. The van der Waals surface area contributed by atoms with Gasteiger partial charge in [0.2, 0.25) is 0 Å². The SMILES string of the molecule is Br.CC(C)(C)c1cc(C(=O)CN2C(=N)[C@H](Cc3ccccc3)C[C@H]2COC(c2ccccc2)c2ccccc2)cc(C(C)(C)C)c1O. The molecule has 0 bridgehead atoms. The summed E-state index contributed by atoms with van der Waals surface area (Å²) in [5.41, 5.74) is 4.71. The quantitative estimate of drug-likeness (QED) is 0.162. The molecule has 0 spiro atoms. The molecule has 4 aromatic rings. The normalized spacial score (nSPS) is 16.7. The lowest BCUT2D eigenvalue weighted by molar-refractivity contribution is 0.0450. The van der Waals surface area contributed by atoms with Crippen molar-refractivity contribution in [3.05, 3.63) is 137 Å². The second-order valence-electron chi connectivity index (χ2n) is 14.7. The van der Waals surface area contributed by atoms with Crippen LogP contribution in [0.1, 0.15) is 92.2 Å². The Hall–Kier alpha value is -3.74. The summed E-state index contributed by atoms with van der Waals surface area (Å²) in [6.45, 7) is 12.8. The highest BCUT2D eigenvalue weighted by Gasteiger charge is 2.39. The fourth-order valence-corrected chi connectivity index (χ4v) is 6.48. The fourth-order valence-electron chi connectivity index (χ4n) is 6.48. The number of nitrogens with zero attached hydrogens (tertiary/aromatic N) is 1. The number of ketones is 1. The first-order valence-electron chi connectivity index (χ1n) is 16.3. The van der Waals surface area contributed by atoms with Gasteiger partial charge >= 0.3 is 0 Å². The van der Waals surface area contributed by atoms with Crippen molar-refractivity contribution in [1.82, 2.24) is 4.90 Å². The van der Waals surface area contributed by atoms with Crippen molar-refractivity contribution in [2.24, 2.45) is 5.92 Å². The van der Waals surface area contributed by atoms with Crippen molar-refractivity contribution in [2.75, 3.05) is 13.2 Å². The van der Waals surface area contributed by atoms with E-state index in [2.05, 4.69) is 77.9 Å². The van der Waals surface area contributed by atoms with Crippen molar-refractivity contribution in [3.63, 3.8) is 0 Å². The number of halogens is 1. The minimum Gasteiger partial charge on any atom is -0.507 e. The average molecular weight is 698 g/mol. The standard InChI is InChI=1S/C41H48N2O3.BrH/c1-40(2,3)34-24-31(25-35(37(34)45)41(4,5)6)36(44)26-43-33(23-32(39(43)42)22-28-16-10-7-11-17-28)27-46-38(29-18-12-8-13-19-29)30-20-14-9-15-21-30;/h7-21,24-25,32-33,38,42,45H,22-23,26-27H2,1-6H3;1H/t32-,33+;/m1./s1. The van der Waals surface area contributed by atoms with Gasteiger partial charge in [-0.2, -0.15) is 0 Å². The molecule has 4 aromatic carbocycles. The highest BCUT2D eigenvalue weighted by molar-refractivity contribution is 8.93. The third-order valence-corrected chi connectivity index (χ3v) is 9.04. The van der Waals surface area contributed by atoms with Crippen LogP contribution in [-0.2, 0) is 22.0 Å². The van der Waals surface area contributed by atoms with Gasteiger partial charge in [0.15, 0.2) is 5.78 Å². The number of rotatable bonds is 10. The molecule has 248 valence electrons. The summed E-state index contributed by atoms with van der Waals surface area (Å²) in [5.74, 6) is 0.653. The lowest BCUT2D eigenvalue weighted by Crippen LogP contribution is -2.40. The van der Waals surface area contributed by atoms with Crippen LogP contribution in [0.25, 0.3) is 0 Å². The van der Waals surface area contributed by atoms with E-state index in [0.717, 1.165) is 35.1 Å². The van der Waals surface area contributed by atoms with Gasteiger partial charge in [-0.3, -0.25) is 10.2 Å². The van der Waals surface area contributed by atoms with Gasteiger partial charge in [0.1, 0.15) is 17.7 Å². The maximum Gasteiger partial charge on any atom is 0.182 e. The molecule has 1 saturated heterocycles. The summed E-state index contributed by atoms with van der Waals surface area (Å²) in [6.07, 6.45) is 1.21. The molecule has 2 atom stereocenters. The van der Waals surface area contributed by atoms with Gasteiger partial charge in [-0.25, -0.2) is 0 Å². The van der Waals surface area contributed by atoms with Gasteiger partial charge in [-0.05, 0) is 52.5 Å². The summed E-state index contributed by atoms with van der Waals surface area (Å²) in [7, 11) is 0. The summed E-state index contributed by atoms with van der Waals surface area (Å²) < 4.78 is 6.72. The zero-order valence-corrected chi connectivity index (χ0v) is 30.2. The number of carbonyl (C=O) groups excluding carboxylic acids is 1. The number of ether oxygens (including phenoxy) is 1. The largest absolute Gasteiger partial charge is 0.507 e. The van der Waals surface area contributed by atoms with Crippen LogP contribution in [0, 0.1) is 11.3 Å². The van der Waals surface area contributed by atoms with E-state index in [1.165, 1.54) is 5.56 Å². The number of carbonyl (C=O) groups is 1. The number of likely N-dealkylation sites (tertiary alicyclic amines) is 1. The monoisotopic (exact) mass is 696 g/mol. The van der Waals surface area contributed by atoms with E-state index >= 15 is 0 Å².